The SMILES string of the molecule is COP(=O)(O)[C@@H]1Cc2ccc3cccc(c3c2)CC(=O)N[C@@H](C(C)C)C(=O)N1. The van der Waals surface area contributed by atoms with Crippen LogP contribution in [-0.4, -0.2) is 35.6 Å². The fourth-order valence-corrected chi connectivity index (χ4v) is 4.44. The minimum Gasteiger partial charge on any atom is -0.344 e. The Morgan fingerprint density at radius 3 is 2.61 bits per heavy atom. The molecule has 1 aliphatic rings. The number of hydrogen-bond acceptors (Lipinski definition) is 4. The van der Waals surface area contributed by atoms with Crippen LogP contribution in [0.25, 0.3) is 10.8 Å². The highest BCUT2D eigenvalue weighted by molar-refractivity contribution is 7.53. The van der Waals surface area contributed by atoms with Gasteiger partial charge in [-0.3, -0.25) is 14.2 Å². The number of nitrogens with one attached hydrogen (secondary N) is 2. The van der Waals surface area contributed by atoms with E-state index in [4.69, 9.17) is 4.52 Å². The summed E-state index contributed by atoms with van der Waals surface area (Å²) >= 11 is 0. The van der Waals surface area contributed by atoms with Crippen molar-refractivity contribution >= 4 is 30.2 Å². The van der Waals surface area contributed by atoms with Crippen LogP contribution in [0.5, 0.6) is 0 Å². The molecule has 0 aliphatic carbocycles. The minimum atomic E-state index is -4.10. The third-order valence-electron chi connectivity index (χ3n) is 5.05. The first kappa shape index (κ1) is 20.5. The van der Waals surface area contributed by atoms with Gasteiger partial charge in [0.1, 0.15) is 11.8 Å². The summed E-state index contributed by atoms with van der Waals surface area (Å²) in [6.45, 7) is 3.62. The van der Waals surface area contributed by atoms with Crippen molar-refractivity contribution in [1.82, 2.24) is 10.6 Å². The van der Waals surface area contributed by atoms with Crippen LogP contribution in [0.2, 0.25) is 0 Å². The molecular formula is C20H25N2O5P. The Morgan fingerprint density at radius 1 is 1.18 bits per heavy atom. The first-order valence-electron chi connectivity index (χ1n) is 9.19. The van der Waals surface area contributed by atoms with Crippen molar-refractivity contribution in [2.45, 2.75) is 38.5 Å². The van der Waals surface area contributed by atoms with Gasteiger partial charge >= 0.3 is 7.60 Å². The van der Waals surface area contributed by atoms with E-state index < -0.39 is 25.3 Å². The molecule has 7 nitrogen and oxygen atoms in total. The molecule has 3 atom stereocenters. The second kappa shape index (κ2) is 8.03. The Morgan fingerprint density at radius 2 is 1.93 bits per heavy atom. The van der Waals surface area contributed by atoms with E-state index in [0.29, 0.717) is 0 Å². The van der Waals surface area contributed by atoms with Gasteiger partial charge < -0.3 is 20.1 Å². The van der Waals surface area contributed by atoms with Crippen molar-refractivity contribution in [2.75, 3.05) is 7.11 Å². The number of hydrogen-bond donors (Lipinski definition) is 3. The lowest BCUT2D eigenvalue weighted by atomic mass is 9.97. The van der Waals surface area contributed by atoms with Crippen LogP contribution >= 0.6 is 7.60 Å². The molecule has 28 heavy (non-hydrogen) atoms. The maximum absolute atomic E-state index is 12.8. The maximum atomic E-state index is 12.8. The summed E-state index contributed by atoms with van der Waals surface area (Å²) < 4.78 is 17.3. The fourth-order valence-electron chi connectivity index (χ4n) is 3.45. The van der Waals surface area contributed by atoms with Gasteiger partial charge in [-0.25, -0.2) is 0 Å². The topological polar surface area (TPSA) is 105 Å². The Hall–Kier alpha value is -2.21. The molecule has 0 aromatic heterocycles. The second-order valence-corrected chi connectivity index (χ2v) is 9.53. The third-order valence-corrected chi connectivity index (χ3v) is 6.67. The number of rotatable bonds is 3. The standard InChI is InChI=1S/C20H25N2O5P/c1-12(2)19-20(24)22-18(28(25,26)27-3)10-13-7-8-14-5-4-6-15(16(14)9-13)11-17(23)21-19/h4-9,12,18-19H,10-11H2,1-3H3,(H,21,23)(H,22,24)(H,25,26)/t18-,19+/m1/s1. The van der Waals surface area contributed by atoms with Crippen LogP contribution in [0.15, 0.2) is 36.4 Å². The summed E-state index contributed by atoms with van der Waals surface area (Å²) in [5.74, 6) is -2.09. The first-order chi connectivity index (χ1) is 13.2. The summed E-state index contributed by atoms with van der Waals surface area (Å²) in [6, 6.07) is 10.6. The molecule has 1 unspecified atom stereocenters. The average Bonchev–Trinajstić information content (AvgIpc) is 2.64. The van der Waals surface area contributed by atoms with Gasteiger partial charge in [-0.1, -0.05) is 50.2 Å². The Labute approximate surface area is 164 Å². The summed E-state index contributed by atoms with van der Waals surface area (Å²) in [5, 5.41) is 7.27. The van der Waals surface area contributed by atoms with Crippen molar-refractivity contribution < 1.29 is 23.6 Å². The molecule has 0 fully saturated rings. The molecule has 0 spiro atoms. The van der Waals surface area contributed by atoms with E-state index in [1.54, 1.807) is 0 Å². The average molecular weight is 404 g/mol. The largest absolute Gasteiger partial charge is 0.350 e. The van der Waals surface area contributed by atoms with Crippen LogP contribution in [0.3, 0.4) is 0 Å². The molecule has 3 N–H and O–H groups in total. The van der Waals surface area contributed by atoms with Gasteiger partial charge in [-0.05, 0) is 27.8 Å². The van der Waals surface area contributed by atoms with Gasteiger partial charge in [0, 0.05) is 13.5 Å². The molecule has 0 radical (unpaired) electrons. The van der Waals surface area contributed by atoms with Crippen LogP contribution in [-0.2, 0) is 31.5 Å². The van der Waals surface area contributed by atoms with Gasteiger partial charge in [0.25, 0.3) is 0 Å². The van der Waals surface area contributed by atoms with Crippen LogP contribution < -0.4 is 10.6 Å². The minimum absolute atomic E-state index is 0.135. The molecule has 2 aromatic rings. The fraction of sp³-hybridized carbons (Fsp3) is 0.400. The molecule has 3 rings (SSSR count). The molecule has 2 aromatic carbocycles. The van der Waals surface area contributed by atoms with Crippen molar-refractivity contribution in [3.63, 3.8) is 0 Å². The van der Waals surface area contributed by atoms with E-state index >= 15 is 0 Å². The normalized spacial score (nSPS) is 22.9. The Bertz CT molecular complexity index is 959. The second-order valence-electron chi connectivity index (χ2n) is 7.41. The maximum Gasteiger partial charge on any atom is 0.350 e. The number of carbonyl (C=O) groups is 2. The molecule has 0 saturated heterocycles. The number of amides is 2. The van der Waals surface area contributed by atoms with E-state index in [9.17, 15) is 19.0 Å². The lowest BCUT2D eigenvalue weighted by Crippen LogP contribution is -2.52. The summed E-state index contributed by atoms with van der Waals surface area (Å²) in [6.07, 6.45) is 0.285. The lowest BCUT2D eigenvalue weighted by molar-refractivity contribution is -0.130. The van der Waals surface area contributed by atoms with E-state index in [0.717, 1.165) is 29.0 Å². The monoisotopic (exact) mass is 404 g/mol. The summed E-state index contributed by atoms with van der Waals surface area (Å²) in [4.78, 5) is 35.7. The van der Waals surface area contributed by atoms with Gasteiger partial charge in [0.05, 0.1) is 6.42 Å². The predicted molar refractivity (Wildman–Crippen MR) is 107 cm³/mol. The zero-order valence-corrected chi connectivity index (χ0v) is 17.0. The third kappa shape index (κ3) is 4.27. The zero-order chi connectivity index (χ0) is 20.5. The van der Waals surface area contributed by atoms with Crippen molar-refractivity contribution in [3.05, 3.63) is 47.5 Å². The molecule has 2 amide bonds. The van der Waals surface area contributed by atoms with Crippen molar-refractivity contribution in [3.8, 4) is 0 Å². The van der Waals surface area contributed by atoms with Crippen LogP contribution in [0.4, 0.5) is 0 Å². The van der Waals surface area contributed by atoms with Crippen molar-refractivity contribution in [2.24, 2.45) is 5.92 Å². The van der Waals surface area contributed by atoms with Gasteiger partial charge in [-0.15, -0.1) is 0 Å². The molecule has 2 bridgehead atoms. The van der Waals surface area contributed by atoms with Crippen LogP contribution in [0, 0.1) is 5.92 Å². The van der Waals surface area contributed by atoms with E-state index in [2.05, 4.69) is 10.6 Å². The smallest absolute Gasteiger partial charge is 0.344 e. The highest BCUT2D eigenvalue weighted by Gasteiger charge is 2.36. The Balaban J connectivity index is 2.12. The molecular weight excluding hydrogens is 379 g/mol. The van der Waals surface area contributed by atoms with E-state index in [-0.39, 0.29) is 24.7 Å². The number of fused-ring (bicyclic) bond motifs is 1. The summed E-state index contributed by atoms with van der Waals surface area (Å²) in [7, 11) is -2.96. The quantitative estimate of drug-likeness (QED) is 0.682. The molecule has 0 saturated carbocycles. The molecule has 150 valence electrons. The zero-order valence-electron chi connectivity index (χ0n) is 16.1. The van der Waals surface area contributed by atoms with Crippen LogP contribution in [0.1, 0.15) is 25.0 Å². The highest BCUT2D eigenvalue weighted by Crippen LogP contribution is 2.46. The molecule has 8 heteroatoms. The highest BCUT2D eigenvalue weighted by atomic mass is 31.2. The number of carbonyl (C=O) groups excluding carboxylic acids is 2. The molecule has 1 heterocycles. The van der Waals surface area contributed by atoms with Gasteiger partial charge in [0.15, 0.2) is 0 Å². The van der Waals surface area contributed by atoms with E-state index in [1.807, 2.05) is 50.2 Å². The van der Waals surface area contributed by atoms with Crippen molar-refractivity contribution in [1.29, 1.82) is 0 Å². The van der Waals surface area contributed by atoms with Gasteiger partial charge in [-0.2, -0.15) is 0 Å². The van der Waals surface area contributed by atoms with Gasteiger partial charge in [0.2, 0.25) is 11.8 Å². The predicted octanol–water partition coefficient (Wildman–Crippen LogP) is 2.35. The Kier molecular flexibility index (Phi) is 5.89. The lowest BCUT2D eigenvalue weighted by Gasteiger charge is -2.28. The number of benzene rings is 2. The first-order valence-corrected chi connectivity index (χ1v) is 10.8. The summed E-state index contributed by atoms with van der Waals surface area (Å²) in [5.41, 5.74) is 1.62. The van der Waals surface area contributed by atoms with E-state index in [1.165, 1.54) is 0 Å². The molecule has 1 aliphatic heterocycles.